The molecule has 1 aliphatic rings. The molecule has 7 heteroatoms. The standard InChI is InChI=1S/C22H25N3O3S/c1-2-28-16-11-9-15(10-12-16)13-23-20(26)17-14-24-22-25(21(17)27)18-7-5-3-4-6-8-19(18)29-22/h9-12,14H,2-8,13H2,1H3,(H,23,26). The van der Waals surface area contributed by atoms with Gasteiger partial charge in [0.25, 0.3) is 11.5 Å². The highest BCUT2D eigenvalue weighted by atomic mass is 32.1. The lowest BCUT2D eigenvalue weighted by Gasteiger charge is -2.10. The molecular formula is C22H25N3O3S. The predicted molar refractivity (Wildman–Crippen MR) is 114 cm³/mol. The monoisotopic (exact) mass is 411 g/mol. The highest BCUT2D eigenvalue weighted by Crippen LogP contribution is 2.27. The fraction of sp³-hybridized carbons (Fsp3) is 0.409. The molecule has 2 aromatic heterocycles. The molecule has 0 unspecified atom stereocenters. The Balaban J connectivity index is 1.55. The predicted octanol–water partition coefficient (Wildman–Crippen LogP) is 3.74. The van der Waals surface area contributed by atoms with Crippen molar-refractivity contribution in [3.63, 3.8) is 0 Å². The maximum atomic E-state index is 13.1. The molecule has 4 rings (SSSR count). The van der Waals surface area contributed by atoms with Gasteiger partial charge in [-0.15, -0.1) is 11.3 Å². The van der Waals surface area contributed by atoms with Gasteiger partial charge < -0.3 is 10.1 Å². The van der Waals surface area contributed by atoms with Gasteiger partial charge in [0, 0.05) is 23.3 Å². The Bertz CT molecular complexity index is 1070. The normalized spacial score (nSPS) is 14.1. The number of carbonyl (C=O) groups is 1. The molecule has 1 aromatic carbocycles. The number of thiazole rings is 1. The van der Waals surface area contributed by atoms with Crippen LogP contribution >= 0.6 is 11.3 Å². The minimum atomic E-state index is -0.392. The van der Waals surface area contributed by atoms with Crippen molar-refractivity contribution >= 4 is 22.2 Å². The number of nitrogens with zero attached hydrogens (tertiary/aromatic N) is 2. The Kier molecular flexibility index (Phi) is 5.94. The Hall–Kier alpha value is -2.67. The number of ether oxygens (including phenoxy) is 1. The third-order valence-electron chi connectivity index (χ3n) is 5.23. The average molecular weight is 412 g/mol. The number of hydrogen-bond donors (Lipinski definition) is 1. The van der Waals surface area contributed by atoms with Crippen LogP contribution in [0.3, 0.4) is 0 Å². The summed E-state index contributed by atoms with van der Waals surface area (Å²) >= 11 is 1.58. The number of aryl methyl sites for hydroxylation is 2. The van der Waals surface area contributed by atoms with E-state index in [2.05, 4.69) is 10.3 Å². The Morgan fingerprint density at radius 1 is 1.17 bits per heavy atom. The highest BCUT2D eigenvalue weighted by Gasteiger charge is 2.20. The molecule has 6 nitrogen and oxygen atoms in total. The van der Waals surface area contributed by atoms with Crippen molar-refractivity contribution < 1.29 is 9.53 Å². The molecule has 0 radical (unpaired) electrons. The van der Waals surface area contributed by atoms with Crippen LogP contribution in [0.2, 0.25) is 0 Å². The second-order valence-electron chi connectivity index (χ2n) is 7.24. The van der Waals surface area contributed by atoms with Gasteiger partial charge in [0.15, 0.2) is 4.96 Å². The van der Waals surface area contributed by atoms with Crippen LogP contribution < -0.4 is 15.6 Å². The zero-order valence-corrected chi connectivity index (χ0v) is 17.4. The van der Waals surface area contributed by atoms with Gasteiger partial charge in [-0.3, -0.25) is 14.0 Å². The number of rotatable bonds is 5. The van der Waals surface area contributed by atoms with E-state index in [4.69, 9.17) is 4.74 Å². The van der Waals surface area contributed by atoms with Crippen LogP contribution in [-0.2, 0) is 19.4 Å². The average Bonchev–Trinajstić information content (AvgIpc) is 3.05. The van der Waals surface area contributed by atoms with E-state index in [0.717, 1.165) is 42.7 Å². The smallest absolute Gasteiger partial charge is 0.271 e. The van der Waals surface area contributed by atoms with Gasteiger partial charge in [0.2, 0.25) is 0 Å². The first-order chi connectivity index (χ1) is 14.2. The molecule has 1 amide bonds. The molecule has 1 N–H and O–H groups in total. The lowest BCUT2D eigenvalue weighted by molar-refractivity contribution is 0.0949. The highest BCUT2D eigenvalue weighted by molar-refractivity contribution is 7.17. The van der Waals surface area contributed by atoms with Gasteiger partial charge >= 0.3 is 0 Å². The second-order valence-corrected chi connectivity index (χ2v) is 8.30. The number of amides is 1. The topological polar surface area (TPSA) is 72.7 Å². The van der Waals surface area contributed by atoms with Gasteiger partial charge in [0.05, 0.1) is 6.61 Å². The van der Waals surface area contributed by atoms with E-state index < -0.39 is 5.91 Å². The summed E-state index contributed by atoms with van der Waals surface area (Å²) in [5.41, 5.74) is 1.81. The summed E-state index contributed by atoms with van der Waals surface area (Å²) in [6, 6.07) is 7.55. The van der Waals surface area contributed by atoms with Crippen molar-refractivity contribution in [1.82, 2.24) is 14.7 Å². The zero-order chi connectivity index (χ0) is 20.2. The van der Waals surface area contributed by atoms with Crippen molar-refractivity contribution in [3.8, 4) is 5.75 Å². The lowest BCUT2D eigenvalue weighted by atomic mass is 10.0. The van der Waals surface area contributed by atoms with E-state index in [-0.39, 0.29) is 11.1 Å². The summed E-state index contributed by atoms with van der Waals surface area (Å²) in [4.78, 5) is 32.1. The number of aromatic nitrogens is 2. The van der Waals surface area contributed by atoms with Crippen molar-refractivity contribution in [2.75, 3.05) is 6.61 Å². The van der Waals surface area contributed by atoms with Crippen LogP contribution in [0.1, 0.15) is 59.1 Å². The third-order valence-corrected chi connectivity index (χ3v) is 6.39. The summed E-state index contributed by atoms with van der Waals surface area (Å²) in [5, 5.41) is 2.84. The molecule has 0 saturated carbocycles. The minimum Gasteiger partial charge on any atom is -0.494 e. The first-order valence-electron chi connectivity index (χ1n) is 10.2. The fourth-order valence-electron chi connectivity index (χ4n) is 3.73. The summed E-state index contributed by atoms with van der Waals surface area (Å²) < 4.78 is 7.09. The largest absolute Gasteiger partial charge is 0.494 e. The Morgan fingerprint density at radius 3 is 2.69 bits per heavy atom. The summed E-state index contributed by atoms with van der Waals surface area (Å²) in [7, 11) is 0. The molecule has 1 aliphatic carbocycles. The molecule has 2 heterocycles. The molecule has 0 spiro atoms. The van der Waals surface area contributed by atoms with Crippen LogP contribution in [0, 0.1) is 0 Å². The number of hydrogen-bond acceptors (Lipinski definition) is 5. The van der Waals surface area contributed by atoms with Crippen molar-refractivity contribution in [2.45, 2.75) is 52.0 Å². The summed E-state index contributed by atoms with van der Waals surface area (Å²) in [6.45, 7) is 2.89. The van der Waals surface area contributed by atoms with Gasteiger partial charge in [0.1, 0.15) is 11.3 Å². The summed E-state index contributed by atoms with van der Waals surface area (Å²) in [5.74, 6) is 0.404. The van der Waals surface area contributed by atoms with E-state index in [1.807, 2.05) is 31.2 Å². The van der Waals surface area contributed by atoms with Gasteiger partial charge in [-0.25, -0.2) is 4.98 Å². The van der Waals surface area contributed by atoms with Crippen LogP contribution in [0.25, 0.3) is 4.96 Å². The molecule has 0 atom stereocenters. The minimum absolute atomic E-state index is 0.0936. The van der Waals surface area contributed by atoms with Gasteiger partial charge in [-0.2, -0.15) is 0 Å². The molecule has 3 aromatic rings. The van der Waals surface area contributed by atoms with Crippen molar-refractivity contribution in [3.05, 3.63) is 62.5 Å². The molecule has 0 fully saturated rings. The van der Waals surface area contributed by atoms with E-state index in [9.17, 15) is 9.59 Å². The SMILES string of the molecule is CCOc1ccc(CNC(=O)c2cnc3sc4c(n3c2=O)CCCCCC4)cc1. The molecular weight excluding hydrogens is 386 g/mol. The number of nitrogens with one attached hydrogen (secondary N) is 1. The van der Waals surface area contributed by atoms with Crippen LogP contribution in [-0.4, -0.2) is 21.9 Å². The zero-order valence-electron chi connectivity index (χ0n) is 16.6. The van der Waals surface area contributed by atoms with Crippen molar-refractivity contribution in [2.24, 2.45) is 0 Å². The van der Waals surface area contributed by atoms with E-state index >= 15 is 0 Å². The maximum Gasteiger partial charge on any atom is 0.271 e. The van der Waals surface area contributed by atoms with Gasteiger partial charge in [-0.1, -0.05) is 25.0 Å². The molecule has 152 valence electrons. The number of carbonyl (C=O) groups excluding carboxylic acids is 1. The van der Waals surface area contributed by atoms with Crippen molar-refractivity contribution in [1.29, 1.82) is 0 Å². The Labute approximate surface area is 173 Å². The molecule has 0 bridgehead atoms. The second kappa shape index (κ2) is 8.78. The first kappa shape index (κ1) is 19.6. The van der Waals surface area contributed by atoms with E-state index in [1.165, 1.54) is 23.9 Å². The Morgan fingerprint density at radius 2 is 1.93 bits per heavy atom. The maximum absolute atomic E-state index is 13.1. The van der Waals surface area contributed by atoms with E-state index in [0.29, 0.717) is 18.1 Å². The quantitative estimate of drug-likeness (QED) is 0.694. The molecule has 0 saturated heterocycles. The molecule has 29 heavy (non-hydrogen) atoms. The van der Waals surface area contributed by atoms with Crippen LogP contribution in [0.4, 0.5) is 0 Å². The lowest BCUT2D eigenvalue weighted by Crippen LogP contribution is -2.31. The van der Waals surface area contributed by atoms with E-state index in [1.54, 1.807) is 15.7 Å². The summed E-state index contributed by atoms with van der Waals surface area (Å²) in [6.07, 6.45) is 7.89. The fourth-order valence-corrected chi connectivity index (χ4v) is 4.89. The van der Waals surface area contributed by atoms with Crippen LogP contribution in [0.15, 0.2) is 35.3 Å². The van der Waals surface area contributed by atoms with Gasteiger partial charge in [-0.05, 0) is 50.3 Å². The number of benzene rings is 1. The van der Waals surface area contributed by atoms with Crippen LogP contribution in [0.5, 0.6) is 5.75 Å². The molecule has 0 aliphatic heterocycles. The number of fused-ring (bicyclic) bond motifs is 3. The third kappa shape index (κ3) is 4.19. The first-order valence-corrected chi connectivity index (χ1v) is 11.0.